The average Bonchev–Trinajstić information content (AvgIpc) is 3.07. The molecule has 1 amide bonds. The van der Waals surface area contributed by atoms with E-state index in [4.69, 9.17) is 0 Å². The largest absolute Gasteiger partial charge is 0.469 e. The number of hydrogen-bond donors (Lipinski definition) is 1. The van der Waals surface area contributed by atoms with Crippen LogP contribution in [0.3, 0.4) is 0 Å². The highest BCUT2D eigenvalue weighted by atomic mass is 32.1. The lowest BCUT2D eigenvalue weighted by molar-refractivity contribution is -0.140. The van der Waals surface area contributed by atoms with E-state index in [0.717, 1.165) is 25.1 Å². The first-order valence-electron chi connectivity index (χ1n) is 8.22. The van der Waals surface area contributed by atoms with Gasteiger partial charge >= 0.3 is 5.97 Å². The van der Waals surface area contributed by atoms with Gasteiger partial charge in [-0.25, -0.2) is 0 Å². The highest BCUT2D eigenvalue weighted by molar-refractivity contribution is 7.10. The van der Waals surface area contributed by atoms with Gasteiger partial charge in [0, 0.05) is 30.6 Å². The van der Waals surface area contributed by atoms with E-state index in [1.165, 1.54) is 17.6 Å². The minimum atomic E-state index is -0.257. The van der Waals surface area contributed by atoms with E-state index in [9.17, 15) is 9.59 Å². The second-order valence-electron chi connectivity index (χ2n) is 6.04. The van der Waals surface area contributed by atoms with Crippen molar-refractivity contribution in [3.05, 3.63) is 45.9 Å². The molecule has 0 bridgehead atoms. The Morgan fingerprint density at radius 2 is 2.28 bits per heavy atom. The van der Waals surface area contributed by atoms with Crippen LogP contribution in [0.15, 0.2) is 29.9 Å². The number of carbonyl (C=O) groups excluding carboxylic acids is 2. The van der Waals surface area contributed by atoms with E-state index in [-0.39, 0.29) is 11.9 Å². The van der Waals surface area contributed by atoms with Gasteiger partial charge in [-0.2, -0.15) is 0 Å². The number of fused-ring (bicyclic) bond motifs is 1. The number of thiophene rings is 1. The number of aromatic nitrogens is 1. The first-order chi connectivity index (χ1) is 12.1. The number of esters is 1. The molecule has 0 saturated carbocycles. The molecule has 0 unspecified atom stereocenters. The van der Waals surface area contributed by atoms with Gasteiger partial charge in [-0.15, -0.1) is 11.3 Å². The van der Waals surface area contributed by atoms with Crippen LogP contribution in [0, 0.1) is 0 Å². The number of rotatable bonds is 6. The summed E-state index contributed by atoms with van der Waals surface area (Å²) in [5, 5.41) is 5.00. The quantitative estimate of drug-likeness (QED) is 0.801. The molecule has 25 heavy (non-hydrogen) atoms. The molecule has 7 heteroatoms. The number of pyridine rings is 1. The summed E-state index contributed by atoms with van der Waals surface area (Å²) in [5.74, 6) is -0.307. The molecule has 3 rings (SSSR count). The van der Waals surface area contributed by atoms with Gasteiger partial charge in [0.25, 0.3) is 0 Å². The van der Waals surface area contributed by atoms with Gasteiger partial charge in [0.05, 0.1) is 25.5 Å². The van der Waals surface area contributed by atoms with Crippen molar-refractivity contribution < 1.29 is 14.3 Å². The van der Waals surface area contributed by atoms with Gasteiger partial charge in [-0.1, -0.05) is 0 Å². The molecule has 132 valence electrons. The summed E-state index contributed by atoms with van der Waals surface area (Å²) >= 11 is 1.79. The Labute approximate surface area is 150 Å². The fourth-order valence-electron chi connectivity index (χ4n) is 2.89. The van der Waals surface area contributed by atoms with Gasteiger partial charge in [0.1, 0.15) is 0 Å². The van der Waals surface area contributed by atoms with Crippen molar-refractivity contribution in [2.75, 3.05) is 25.5 Å². The summed E-state index contributed by atoms with van der Waals surface area (Å²) in [6.45, 7) is 2.09. The average molecular weight is 359 g/mol. The Morgan fingerprint density at radius 1 is 1.40 bits per heavy atom. The molecule has 3 heterocycles. The summed E-state index contributed by atoms with van der Waals surface area (Å²) in [7, 11) is 1.37. The maximum Gasteiger partial charge on any atom is 0.305 e. The molecule has 0 saturated heterocycles. The van der Waals surface area contributed by atoms with Gasteiger partial charge < -0.3 is 10.1 Å². The Hall–Kier alpha value is -2.25. The van der Waals surface area contributed by atoms with Crippen molar-refractivity contribution in [3.63, 3.8) is 0 Å². The van der Waals surface area contributed by atoms with E-state index in [2.05, 4.69) is 31.4 Å². The zero-order valence-corrected chi connectivity index (χ0v) is 15.0. The van der Waals surface area contributed by atoms with Crippen LogP contribution >= 0.6 is 11.3 Å². The Morgan fingerprint density at radius 3 is 3.12 bits per heavy atom. The van der Waals surface area contributed by atoms with Crippen molar-refractivity contribution in [1.82, 2.24) is 9.88 Å². The molecule has 1 aliphatic rings. The second-order valence-corrected chi connectivity index (χ2v) is 7.04. The summed E-state index contributed by atoms with van der Waals surface area (Å²) in [6.07, 6.45) is 5.15. The number of ether oxygens (including phenoxy) is 1. The number of nitrogens with zero attached hydrogens (tertiary/aromatic N) is 2. The Balaban J connectivity index is 1.52. The number of nitrogens with one attached hydrogen (secondary N) is 1. The van der Waals surface area contributed by atoms with Crippen LogP contribution in [0.1, 0.15) is 22.4 Å². The van der Waals surface area contributed by atoms with E-state index >= 15 is 0 Å². The molecular weight excluding hydrogens is 338 g/mol. The highest BCUT2D eigenvalue weighted by Gasteiger charge is 2.19. The summed E-state index contributed by atoms with van der Waals surface area (Å²) in [5.41, 5.74) is 2.88. The van der Waals surface area contributed by atoms with E-state index in [1.54, 1.807) is 23.7 Å². The van der Waals surface area contributed by atoms with Crippen LogP contribution in [-0.4, -0.2) is 42.0 Å². The lowest BCUT2D eigenvalue weighted by Gasteiger charge is -2.26. The molecule has 1 N–H and O–H groups in total. The molecule has 2 aromatic heterocycles. The lowest BCUT2D eigenvalue weighted by Crippen LogP contribution is -2.36. The Bertz CT molecular complexity index is 760. The minimum Gasteiger partial charge on any atom is -0.469 e. The summed E-state index contributed by atoms with van der Waals surface area (Å²) in [6, 6.07) is 3.99. The summed E-state index contributed by atoms with van der Waals surface area (Å²) < 4.78 is 4.64. The molecule has 1 aliphatic heterocycles. The number of aryl methyl sites for hydroxylation is 1. The van der Waals surface area contributed by atoms with Gasteiger partial charge in [0.2, 0.25) is 5.91 Å². The maximum absolute atomic E-state index is 12.3. The zero-order valence-electron chi connectivity index (χ0n) is 14.2. The number of hydrogen-bond acceptors (Lipinski definition) is 6. The van der Waals surface area contributed by atoms with Crippen molar-refractivity contribution in [2.45, 2.75) is 25.8 Å². The van der Waals surface area contributed by atoms with Crippen LogP contribution in [-0.2, 0) is 33.7 Å². The SMILES string of the molecule is COC(=O)CCc1cncc(NC(=O)CN2CCc3sccc3C2)c1. The lowest BCUT2D eigenvalue weighted by atomic mass is 10.1. The molecule has 0 aliphatic carbocycles. The van der Waals surface area contributed by atoms with Crippen LogP contribution in [0.25, 0.3) is 0 Å². The fourth-order valence-corrected chi connectivity index (χ4v) is 3.78. The second kappa shape index (κ2) is 8.22. The third kappa shape index (κ3) is 4.87. The van der Waals surface area contributed by atoms with E-state index in [1.807, 2.05) is 6.07 Å². The van der Waals surface area contributed by atoms with Crippen molar-refractivity contribution >= 4 is 28.9 Å². The van der Waals surface area contributed by atoms with Crippen molar-refractivity contribution in [3.8, 4) is 0 Å². The third-order valence-electron chi connectivity index (χ3n) is 4.18. The standard InChI is InChI=1S/C18H21N3O3S/c1-24-18(23)3-2-13-8-15(10-19-9-13)20-17(22)12-21-6-4-16-14(11-21)5-7-25-16/h5,7-10H,2-4,6,11-12H2,1H3,(H,20,22). The van der Waals surface area contributed by atoms with Crippen molar-refractivity contribution in [2.24, 2.45) is 0 Å². The molecule has 0 radical (unpaired) electrons. The third-order valence-corrected chi connectivity index (χ3v) is 5.20. The van der Waals surface area contributed by atoms with E-state index in [0.29, 0.717) is 25.1 Å². The normalized spacial score (nSPS) is 14.0. The minimum absolute atomic E-state index is 0.0504. The molecule has 2 aromatic rings. The molecule has 0 fully saturated rings. The predicted molar refractivity (Wildman–Crippen MR) is 96.5 cm³/mol. The van der Waals surface area contributed by atoms with Crippen LogP contribution in [0.5, 0.6) is 0 Å². The topological polar surface area (TPSA) is 71.5 Å². The fraction of sp³-hybridized carbons (Fsp3) is 0.389. The monoisotopic (exact) mass is 359 g/mol. The zero-order chi connectivity index (χ0) is 17.6. The molecular formula is C18H21N3O3S. The smallest absolute Gasteiger partial charge is 0.305 e. The van der Waals surface area contributed by atoms with Crippen LogP contribution < -0.4 is 5.32 Å². The number of amides is 1. The molecule has 0 atom stereocenters. The molecule has 0 aromatic carbocycles. The molecule has 6 nitrogen and oxygen atoms in total. The van der Waals surface area contributed by atoms with Gasteiger partial charge in [0.15, 0.2) is 0 Å². The number of anilines is 1. The highest BCUT2D eigenvalue weighted by Crippen LogP contribution is 2.23. The van der Waals surface area contributed by atoms with Gasteiger partial charge in [-0.05, 0) is 41.5 Å². The van der Waals surface area contributed by atoms with E-state index < -0.39 is 0 Å². The van der Waals surface area contributed by atoms with Crippen LogP contribution in [0.4, 0.5) is 5.69 Å². The predicted octanol–water partition coefficient (Wildman–Crippen LogP) is 2.25. The molecule has 0 spiro atoms. The summed E-state index contributed by atoms with van der Waals surface area (Å²) in [4.78, 5) is 31.2. The first-order valence-corrected chi connectivity index (χ1v) is 9.10. The first kappa shape index (κ1) is 17.6. The van der Waals surface area contributed by atoms with Crippen molar-refractivity contribution in [1.29, 1.82) is 0 Å². The Kier molecular flexibility index (Phi) is 5.78. The van der Waals surface area contributed by atoms with Gasteiger partial charge in [-0.3, -0.25) is 19.5 Å². The van der Waals surface area contributed by atoms with Crippen LogP contribution in [0.2, 0.25) is 0 Å². The number of carbonyl (C=O) groups is 2. The maximum atomic E-state index is 12.3. The number of methoxy groups -OCH3 is 1.